The van der Waals surface area contributed by atoms with Gasteiger partial charge in [0.1, 0.15) is 0 Å². The fraction of sp³-hybridized carbons (Fsp3) is 0. The summed E-state index contributed by atoms with van der Waals surface area (Å²) in [6, 6.07) is 1.94. The van der Waals surface area contributed by atoms with Crippen LogP contribution >= 0.6 is 11.3 Å². The zero-order chi connectivity index (χ0) is 5.82. The van der Waals surface area contributed by atoms with Gasteiger partial charge in [0.05, 0.1) is 5.69 Å². The van der Waals surface area contributed by atoms with Crippen LogP contribution in [0, 0.1) is 0 Å². The van der Waals surface area contributed by atoms with Crippen molar-refractivity contribution in [1.82, 2.24) is 0 Å². The van der Waals surface area contributed by atoms with Gasteiger partial charge in [-0.15, -0.1) is 0 Å². The molecule has 1 heterocycles. The quantitative estimate of drug-likeness (QED) is 0.474. The first kappa shape index (κ1) is 5.31. The molecule has 0 aliphatic carbocycles. The summed E-state index contributed by atoms with van der Waals surface area (Å²) in [5.74, 6) is 0. The van der Waals surface area contributed by atoms with E-state index >= 15 is 0 Å². The summed E-state index contributed by atoms with van der Waals surface area (Å²) in [6.07, 6.45) is 0. The summed E-state index contributed by atoms with van der Waals surface area (Å²) in [5, 5.41) is 7.43. The zero-order valence-electron chi connectivity index (χ0n) is 4.29. The first-order valence-corrected chi connectivity index (χ1v) is 3.11. The van der Waals surface area contributed by atoms with Gasteiger partial charge in [0.25, 0.3) is 0 Å². The highest BCUT2D eigenvalue weighted by Crippen LogP contribution is 2.10. The molecule has 1 N–H and O–H groups in total. The van der Waals surface area contributed by atoms with Crippen molar-refractivity contribution < 1.29 is 0 Å². The summed E-state index contributed by atoms with van der Waals surface area (Å²) in [6.45, 7) is 3.28. The molecule has 0 spiro atoms. The number of hydrazone groups is 1. The van der Waals surface area contributed by atoms with Crippen LogP contribution in [0.1, 0.15) is 0 Å². The number of anilines is 1. The van der Waals surface area contributed by atoms with Gasteiger partial charge in [-0.2, -0.15) is 16.4 Å². The molecule has 3 heteroatoms. The minimum atomic E-state index is 1.00. The average Bonchev–Trinajstić information content (AvgIpc) is 2.19. The van der Waals surface area contributed by atoms with E-state index in [9.17, 15) is 0 Å². The van der Waals surface area contributed by atoms with Crippen molar-refractivity contribution in [2.24, 2.45) is 5.10 Å². The highest BCUT2D eigenvalue weighted by atomic mass is 32.1. The third kappa shape index (κ3) is 1.07. The van der Waals surface area contributed by atoms with Gasteiger partial charge in [-0.05, 0) is 11.4 Å². The first-order chi connectivity index (χ1) is 3.93. The molecule has 1 aromatic heterocycles. The second-order valence-corrected chi connectivity index (χ2v) is 2.06. The molecule has 8 heavy (non-hydrogen) atoms. The van der Waals surface area contributed by atoms with E-state index in [1.54, 1.807) is 11.3 Å². The summed E-state index contributed by atoms with van der Waals surface area (Å²) >= 11 is 1.63. The molecular formula is C5H6N2S. The van der Waals surface area contributed by atoms with Gasteiger partial charge < -0.3 is 0 Å². The molecule has 0 saturated carbocycles. The Kier molecular flexibility index (Phi) is 1.64. The van der Waals surface area contributed by atoms with Crippen LogP contribution < -0.4 is 5.43 Å². The van der Waals surface area contributed by atoms with Gasteiger partial charge >= 0.3 is 0 Å². The highest BCUT2D eigenvalue weighted by Gasteiger charge is 1.83. The molecule has 0 unspecified atom stereocenters. The van der Waals surface area contributed by atoms with E-state index in [4.69, 9.17) is 0 Å². The molecule has 2 nitrogen and oxygen atoms in total. The van der Waals surface area contributed by atoms with Crippen LogP contribution in [0.3, 0.4) is 0 Å². The van der Waals surface area contributed by atoms with Crippen molar-refractivity contribution in [2.45, 2.75) is 0 Å². The van der Waals surface area contributed by atoms with E-state index in [2.05, 4.69) is 17.2 Å². The number of hydrogen-bond donors (Lipinski definition) is 1. The number of rotatable bonds is 2. The second-order valence-electron chi connectivity index (χ2n) is 1.28. The standard InChI is InChI=1S/C5H6N2S/c1-6-7-5-2-3-8-4-5/h2-4,7H,1H2. The Bertz CT molecular complexity index is 157. The van der Waals surface area contributed by atoms with Crippen LogP contribution in [-0.4, -0.2) is 6.72 Å². The fourth-order valence-electron chi connectivity index (χ4n) is 0.419. The average molecular weight is 126 g/mol. The zero-order valence-corrected chi connectivity index (χ0v) is 5.11. The molecule has 0 aromatic carbocycles. The molecule has 42 valence electrons. The lowest BCUT2D eigenvalue weighted by molar-refractivity contribution is 1.38. The predicted octanol–water partition coefficient (Wildman–Crippen LogP) is 1.78. The molecule has 0 aliphatic rings. The van der Waals surface area contributed by atoms with E-state index in [1.807, 2.05) is 16.8 Å². The molecule has 1 aromatic rings. The highest BCUT2D eigenvalue weighted by molar-refractivity contribution is 7.08. The molecule has 0 aliphatic heterocycles. The van der Waals surface area contributed by atoms with Crippen LogP contribution in [0.4, 0.5) is 5.69 Å². The third-order valence-corrected chi connectivity index (χ3v) is 1.41. The monoisotopic (exact) mass is 126 g/mol. The lowest BCUT2D eigenvalue weighted by atomic mass is 10.6. The Hall–Kier alpha value is -0.830. The molecule has 0 fully saturated rings. The van der Waals surface area contributed by atoms with Crippen molar-refractivity contribution in [1.29, 1.82) is 0 Å². The van der Waals surface area contributed by atoms with Crippen molar-refractivity contribution in [2.75, 3.05) is 5.43 Å². The Morgan fingerprint density at radius 3 is 3.12 bits per heavy atom. The van der Waals surface area contributed by atoms with Crippen LogP contribution in [0.15, 0.2) is 21.9 Å². The minimum Gasteiger partial charge on any atom is -0.278 e. The molecule has 0 radical (unpaired) electrons. The maximum Gasteiger partial charge on any atom is 0.0668 e. The topological polar surface area (TPSA) is 24.4 Å². The maximum absolute atomic E-state index is 3.48. The van der Waals surface area contributed by atoms with Crippen molar-refractivity contribution in [3.63, 3.8) is 0 Å². The van der Waals surface area contributed by atoms with Crippen LogP contribution in [0.25, 0.3) is 0 Å². The summed E-state index contributed by atoms with van der Waals surface area (Å²) in [4.78, 5) is 0. The normalized spacial score (nSPS) is 8.50. The van der Waals surface area contributed by atoms with Gasteiger partial charge in [0.15, 0.2) is 0 Å². The van der Waals surface area contributed by atoms with Crippen LogP contribution in [-0.2, 0) is 0 Å². The molecule has 0 saturated heterocycles. The van der Waals surface area contributed by atoms with E-state index < -0.39 is 0 Å². The number of nitrogens with one attached hydrogen (secondary N) is 1. The Morgan fingerprint density at radius 1 is 1.75 bits per heavy atom. The molecule has 0 atom stereocenters. The van der Waals surface area contributed by atoms with Crippen molar-refractivity contribution >= 4 is 23.7 Å². The minimum absolute atomic E-state index is 1.00. The molecular weight excluding hydrogens is 120 g/mol. The molecule has 0 amide bonds. The van der Waals surface area contributed by atoms with Crippen molar-refractivity contribution in [3.8, 4) is 0 Å². The fourth-order valence-corrected chi connectivity index (χ4v) is 1.00. The van der Waals surface area contributed by atoms with Crippen molar-refractivity contribution in [3.05, 3.63) is 16.8 Å². The van der Waals surface area contributed by atoms with E-state index in [0.717, 1.165) is 5.69 Å². The van der Waals surface area contributed by atoms with E-state index in [0.29, 0.717) is 0 Å². The predicted molar refractivity (Wildman–Crippen MR) is 37.5 cm³/mol. The summed E-state index contributed by atoms with van der Waals surface area (Å²) in [5.41, 5.74) is 3.72. The molecule has 1 rings (SSSR count). The SMILES string of the molecule is C=NNc1ccsc1. The summed E-state index contributed by atoms with van der Waals surface area (Å²) < 4.78 is 0. The van der Waals surface area contributed by atoms with Gasteiger partial charge in [0.2, 0.25) is 0 Å². The van der Waals surface area contributed by atoms with Gasteiger partial charge in [0, 0.05) is 12.1 Å². The largest absolute Gasteiger partial charge is 0.278 e. The maximum atomic E-state index is 3.48. The number of nitrogens with zero attached hydrogens (tertiary/aromatic N) is 1. The number of hydrogen-bond acceptors (Lipinski definition) is 3. The lowest BCUT2D eigenvalue weighted by Crippen LogP contribution is -1.80. The number of thiophene rings is 1. The Balaban J connectivity index is 2.62. The van der Waals surface area contributed by atoms with Crippen LogP contribution in [0.2, 0.25) is 0 Å². The Morgan fingerprint density at radius 2 is 2.62 bits per heavy atom. The van der Waals surface area contributed by atoms with Gasteiger partial charge in [-0.25, -0.2) is 0 Å². The van der Waals surface area contributed by atoms with Gasteiger partial charge in [-0.1, -0.05) is 0 Å². The first-order valence-electron chi connectivity index (χ1n) is 2.17. The second kappa shape index (κ2) is 2.47. The van der Waals surface area contributed by atoms with Gasteiger partial charge in [-0.3, -0.25) is 5.43 Å². The summed E-state index contributed by atoms with van der Waals surface area (Å²) in [7, 11) is 0. The third-order valence-electron chi connectivity index (χ3n) is 0.729. The molecule has 0 bridgehead atoms. The van der Waals surface area contributed by atoms with E-state index in [1.165, 1.54) is 0 Å². The Labute approximate surface area is 51.9 Å². The van der Waals surface area contributed by atoms with Crippen LogP contribution in [0.5, 0.6) is 0 Å². The smallest absolute Gasteiger partial charge is 0.0668 e. The van der Waals surface area contributed by atoms with E-state index in [-0.39, 0.29) is 0 Å². The lowest BCUT2D eigenvalue weighted by Gasteiger charge is -1.88.